The van der Waals surface area contributed by atoms with Gasteiger partial charge in [0.15, 0.2) is 0 Å². The zero-order valence-electron chi connectivity index (χ0n) is 14.3. The SMILES string of the molecule is CSc1ccc(Cl)c(C(=O)N2CCN(Cc3ccc(Cl)c(Cl)c3)CC2)c1. The first-order valence-electron chi connectivity index (χ1n) is 8.27. The molecule has 1 aliphatic rings. The number of amides is 1. The molecule has 3 rings (SSSR count). The molecule has 0 spiro atoms. The molecule has 7 heteroatoms. The van der Waals surface area contributed by atoms with Crippen molar-refractivity contribution in [3.05, 3.63) is 62.6 Å². The minimum Gasteiger partial charge on any atom is -0.336 e. The van der Waals surface area contributed by atoms with Crippen LogP contribution in [0.2, 0.25) is 15.1 Å². The summed E-state index contributed by atoms with van der Waals surface area (Å²) in [5.41, 5.74) is 1.70. The Labute approximate surface area is 173 Å². The van der Waals surface area contributed by atoms with E-state index < -0.39 is 0 Å². The number of carbonyl (C=O) groups is 1. The van der Waals surface area contributed by atoms with E-state index >= 15 is 0 Å². The molecule has 1 saturated heterocycles. The summed E-state index contributed by atoms with van der Waals surface area (Å²) in [6.07, 6.45) is 1.99. The van der Waals surface area contributed by atoms with Crippen LogP contribution in [-0.4, -0.2) is 48.1 Å². The second kappa shape index (κ2) is 8.85. The zero-order chi connectivity index (χ0) is 18.7. The van der Waals surface area contributed by atoms with Crippen molar-refractivity contribution in [3.63, 3.8) is 0 Å². The van der Waals surface area contributed by atoms with Gasteiger partial charge in [0.1, 0.15) is 0 Å². The van der Waals surface area contributed by atoms with E-state index in [1.165, 1.54) is 0 Å². The van der Waals surface area contributed by atoms with E-state index in [-0.39, 0.29) is 5.91 Å². The molecule has 2 aromatic rings. The second-order valence-electron chi connectivity index (χ2n) is 6.16. The molecule has 1 heterocycles. The van der Waals surface area contributed by atoms with Crippen molar-refractivity contribution in [2.45, 2.75) is 11.4 Å². The van der Waals surface area contributed by atoms with Gasteiger partial charge in [-0.1, -0.05) is 40.9 Å². The van der Waals surface area contributed by atoms with Gasteiger partial charge in [0.05, 0.1) is 20.6 Å². The van der Waals surface area contributed by atoms with Crippen LogP contribution in [0.5, 0.6) is 0 Å². The van der Waals surface area contributed by atoms with Gasteiger partial charge in [0.2, 0.25) is 0 Å². The Bertz CT molecular complexity index is 807. The zero-order valence-corrected chi connectivity index (χ0v) is 17.4. The fourth-order valence-electron chi connectivity index (χ4n) is 2.97. The first-order valence-corrected chi connectivity index (χ1v) is 10.6. The van der Waals surface area contributed by atoms with Crippen molar-refractivity contribution in [3.8, 4) is 0 Å². The van der Waals surface area contributed by atoms with Gasteiger partial charge in [-0.2, -0.15) is 0 Å². The van der Waals surface area contributed by atoms with E-state index in [0.717, 1.165) is 30.1 Å². The van der Waals surface area contributed by atoms with Gasteiger partial charge in [-0.05, 0) is 42.2 Å². The monoisotopic (exact) mass is 428 g/mol. The fourth-order valence-corrected chi connectivity index (χ4v) is 3.93. The Balaban J connectivity index is 1.61. The molecular weight excluding hydrogens is 411 g/mol. The molecule has 0 aromatic heterocycles. The van der Waals surface area contributed by atoms with Crippen LogP contribution in [0, 0.1) is 0 Å². The summed E-state index contributed by atoms with van der Waals surface area (Å²) in [6.45, 7) is 3.78. The normalized spacial score (nSPS) is 15.3. The predicted molar refractivity (Wildman–Crippen MR) is 111 cm³/mol. The minimum atomic E-state index is 0.0000809. The van der Waals surface area contributed by atoms with Gasteiger partial charge >= 0.3 is 0 Å². The quantitative estimate of drug-likeness (QED) is 0.614. The number of hydrogen-bond donors (Lipinski definition) is 0. The van der Waals surface area contributed by atoms with Gasteiger partial charge in [-0.3, -0.25) is 9.69 Å². The molecule has 26 heavy (non-hydrogen) atoms. The first-order chi connectivity index (χ1) is 12.5. The molecule has 138 valence electrons. The standard InChI is InChI=1S/C19H19Cl3N2OS/c1-26-14-3-5-16(20)15(11-14)19(25)24-8-6-23(7-9-24)12-13-2-4-17(21)18(22)10-13/h2-5,10-11H,6-9,12H2,1H3. The number of piperazine rings is 1. The third-order valence-electron chi connectivity index (χ3n) is 4.45. The van der Waals surface area contributed by atoms with Gasteiger partial charge in [0, 0.05) is 37.6 Å². The number of benzene rings is 2. The van der Waals surface area contributed by atoms with E-state index in [9.17, 15) is 4.79 Å². The second-order valence-corrected chi connectivity index (χ2v) is 8.26. The van der Waals surface area contributed by atoms with Crippen LogP contribution in [0.4, 0.5) is 0 Å². The molecule has 0 radical (unpaired) electrons. The number of thioether (sulfide) groups is 1. The number of rotatable bonds is 4. The molecule has 0 N–H and O–H groups in total. The van der Waals surface area contributed by atoms with Gasteiger partial charge < -0.3 is 4.90 Å². The third kappa shape index (κ3) is 4.68. The summed E-state index contributed by atoms with van der Waals surface area (Å²) in [4.78, 5) is 18.0. The number of nitrogens with zero attached hydrogens (tertiary/aromatic N) is 2. The number of carbonyl (C=O) groups excluding carboxylic acids is 1. The van der Waals surface area contributed by atoms with Crippen LogP contribution in [0.3, 0.4) is 0 Å². The van der Waals surface area contributed by atoms with Gasteiger partial charge in [-0.25, -0.2) is 0 Å². The molecule has 1 amide bonds. The Morgan fingerprint density at radius 2 is 1.65 bits per heavy atom. The van der Waals surface area contributed by atoms with Crippen molar-refractivity contribution in [1.29, 1.82) is 0 Å². The molecule has 1 aliphatic heterocycles. The van der Waals surface area contributed by atoms with Crippen LogP contribution in [0.25, 0.3) is 0 Å². The summed E-state index contributed by atoms with van der Waals surface area (Å²) < 4.78 is 0. The maximum Gasteiger partial charge on any atom is 0.255 e. The van der Waals surface area contributed by atoms with Crippen LogP contribution in [-0.2, 0) is 6.54 Å². The number of halogens is 3. The predicted octanol–water partition coefficient (Wildman–Crippen LogP) is 5.33. The highest BCUT2D eigenvalue weighted by Crippen LogP contribution is 2.26. The van der Waals surface area contributed by atoms with Crippen molar-refractivity contribution < 1.29 is 4.79 Å². The van der Waals surface area contributed by atoms with Crippen molar-refractivity contribution >= 4 is 52.5 Å². The summed E-state index contributed by atoms with van der Waals surface area (Å²) >= 11 is 19.9. The lowest BCUT2D eigenvalue weighted by Crippen LogP contribution is -2.48. The van der Waals surface area contributed by atoms with Crippen molar-refractivity contribution in [1.82, 2.24) is 9.80 Å². The van der Waals surface area contributed by atoms with E-state index in [1.54, 1.807) is 17.8 Å². The summed E-state index contributed by atoms with van der Waals surface area (Å²) in [5, 5.41) is 1.64. The van der Waals surface area contributed by atoms with Crippen molar-refractivity contribution in [2.75, 3.05) is 32.4 Å². The Morgan fingerprint density at radius 3 is 2.31 bits per heavy atom. The largest absolute Gasteiger partial charge is 0.336 e. The van der Waals surface area contributed by atoms with Crippen LogP contribution >= 0.6 is 46.6 Å². The maximum absolute atomic E-state index is 12.8. The number of hydrogen-bond acceptors (Lipinski definition) is 3. The molecule has 0 unspecified atom stereocenters. The first kappa shape index (κ1) is 19.8. The molecule has 0 aliphatic carbocycles. The third-order valence-corrected chi connectivity index (χ3v) is 6.25. The topological polar surface area (TPSA) is 23.6 Å². The maximum atomic E-state index is 12.8. The van der Waals surface area contributed by atoms with Gasteiger partial charge in [0.25, 0.3) is 5.91 Å². The van der Waals surface area contributed by atoms with E-state index in [4.69, 9.17) is 34.8 Å². The fraction of sp³-hybridized carbons (Fsp3) is 0.316. The van der Waals surface area contributed by atoms with E-state index in [1.807, 2.05) is 41.5 Å². The molecule has 2 aromatic carbocycles. The summed E-state index contributed by atoms with van der Waals surface area (Å²) in [5.74, 6) is 0.0000809. The molecule has 1 fully saturated rings. The highest BCUT2D eigenvalue weighted by molar-refractivity contribution is 7.98. The average Bonchev–Trinajstić information content (AvgIpc) is 2.65. The Hall–Kier alpha value is -0.910. The average molecular weight is 430 g/mol. The van der Waals surface area contributed by atoms with Gasteiger partial charge in [-0.15, -0.1) is 11.8 Å². The molecule has 0 saturated carbocycles. The summed E-state index contributed by atoms with van der Waals surface area (Å²) in [7, 11) is 0. The molecular formula is C19H19Cl3N2OS. The highest BCUT2D eigenvalue weighted by atomic mass is 35.5. The van der Waals surface area contributed by atoms with Crippen LogP contribution in [0.1, 0.15) is 15.9 Å². The van der Waals surface area contributed by atoms with Crippen LogP contribution < -0.4 is 0 Å². The Kier molecular flexibility index (Phi) is 6.76. The molecule has 0 bridgehead atoms. The van der Waals surface area contributed by atoms with E-state index in [0.29, 0.717) is 33.7 Å². The van der Waals surface area contributed by atoms with E-state index in [2.05, 4.69) is 4.90 Å². The van der Waals surface area contributed by atoms with Crippen molar-refractivity contribution in [2.24, 2.45) is 0 Å². The lowest BCUT2D eigenvalue weighted by Gasteiger charge is -2.35. The smallest absolute Gasteiger partial charge is 0.255 e. The molecule has 3 nitrogen and oxygen atoms in total. The minimum absolute atomic E-state index is 0.0000809. The lowest BCUT2D eigenvalue weighted by molar-refractivity contribution is 0.0628. The lowest BCUT2D eigenvalue weighted by atomic mass is 10.1. The molecule has 0 atom stereocenters. The Morgan fingerprint density at radius 1 is 0.962 bits per heavy atom. The summed E-state index contributed by atoms with van der Waals surface area (Å²) in [6, 6.07) is 11.3. The highest BCUT2D eigenvalue weighted by Gasteiger charge is 2.24. The van der Waals surface area contributed by atoms with Crippen LogP contribution in [0.15, 0.2) is 41.3 Å².